The van der Waals surface area contributed by atoms with Crippen molar-refractivity contribution >= 4 is 5.91 Å². The van der Waals surface area contributed by atoms with Crippen LogP contribution in [0.1, 0.15) is 52.9 Å². The van der Waals surface area contributed by atoms with Crippen LogP contribution < -0.4 is 5.32 Å². The molecule has 1 rings (SSSR count). The highest BCUT2D eigenvalue weighted by Crippen LogP contribution is 2.18. The summed E-state index contributed by atoms with van der Waals surface area (Å²) < 4.78 is 0. The molecule has 0 saturated heterocycles. The topological polar surface area (TPSA) is 56.1 Å². The van der Waals surface area contributed by atoms with Gasteiger partial charge in [-0.2, -0.15) is 5.26 Å². The van der Waals surface area contributed by atoms with Gasteiger partial charge in [0.25, 0.3) is 0 Å². The molecule has 0 aromatic rings. The Balaban J connectivity index is 2.49. The molecule has 0 heterocycles. The Kier molecular flexibility index (Phi) is 6.14. The fourth-order valence-electron chi connectivity index (χ4n) is 2.62. The third kappa shape index (κ3) is 4.30. The zero-order valence-electron chi connectivity index (χ0n) is 11.8. The number of nitrogens with one attached hydrogen (secondary N) is 1. The highest BCUT2D eigenvalue weighted by Gasteiger charge is 2.26. The second kappa shape index (κ2) is 7.38. The molecule has 1 N–H and O–H groups in total. The van der Waals surface area contributed by atoms with Crippen LogP contribution in [0.25, 0.3) is 0 Å². The van der Waals surface area contributed by atoms with Crippen LogP contribution in [0, 0.1) is 11.3 Å². The van der Waals surface area contributed by atoms with Crippen LogP contribution in [0.5, 0.6) is 0 Å². The normalized spacial score (nSPS) is 18.0. The summed E-state index contributed by atoms with van der Waals surface area (Å²) in [5, 5.41) is 11.8. The summed E-state index contributed by atoms with van der Waals surface area (Å²) in [6, 6.07) is 2.64. The molecule has 0 aliphatic heterocycles. The lowest BCUT2D eigenvalue weighted by Crippen LogP contribution is -2.50. The fourth-order valence-corrected chi connectivity index (χ4v) is 2.62. The Bertz CT molecular complexity index is 303. The zero-order valence-corrected chi connectivity index (χ0v) is 11.8. The summed E-state index contributed by atoms with van der Waals surface area (Å²) in [5.41, 5.74) is 0. The minimum absolute atomic E-state index is 0.105. The van der Waals surface area contributed by atoms with E-state index in [0.29, 0.717) is 19.0 Å². The highest BCUT2D eigenvalue weighted by atomic mass is 16.2. The van der Waals surface area contributed by atoms with E-state index in [1.165, 1.54) is 12.8 Å². The van der Waals surface area contributed by atoms with E-state index < -0.39 is 0 Å². The van der Waals surface area contributed by atoms with E-state index in [-0.39, 0.29) is 18.0 Å². The molecule has 0 bridgehead atoms. The number of rotatable bonds is 6. The molecule has 0 spiro atoms. The maximum atomic E-state index is 12.2. The summed E-state index contributed by atoms with van der Waals surface area (Å²) in [7, 11) is 0. The van der Waals surface area contributed by atoms with Crippen LogP contribution in [0.4, 0.5) is 0 Å². The Morgan fingerprint density at radius 2 is 2.00 bits per heavy atom. The lowest BCUT2D eigenvalue weighted by Gasteiger charge is -2.31. The molecule has 1 aliphatic rings. The first-order valence-electron chi connectivity index (χ1n) is 6.99. The lowest BCUT2D eigenvalue weighted by atomic mass is 10.1. The standard InChI is InChI=1S/C14H25N3O/c1-11(2)17(10-6-9-15)12(3)14(18)16-13-7-4-5-8-13/h11-13H,4-8,10H2,1-3H3,(H,16,18). The third-order valence-electron chi connectivity index (χ3n) is 3.72. The van der Waals surface area contributed by atoms with Gasteiger partial charge in [-0.05, 0) is 33.6 Å². The molecule has 0 aromatic carbocycles. The van der Waals surface area contributed by atoms with Crippen molar-refractivity contribution in [2.75, 3.05) is 6.54 Å². The molecule has 0 radical (unpaired) electrons. The monoisotopic (exact) mass is 251 g/mol. The molecule has 18 heavy (non-hydrogen) atoms. The summed E-state index contributed by atoms with van der Waals surface area (Å²) in [5.74, 6) is 0.105. The molecule has 4 nitrogen and oxygen atoms in total. The Morgan fingerprint density at radius 1 is 1.39 bits per heavy atom. The minimum Gasteiger partial charge on any atom is -0.352 e. The number of hydrogen-bond donors (Lipinski definition) is 1. The molecule has 1 fully saturated rings. The van der Waals surface area contributed by atoms with Crippen molar-refractivity contribution < 1.29 is 4.79 Å². The Labute approximate surface area is 110 Å². The third-order valence-corrected chi connectivity index (χ3v) is 3.72. The number of carbonyl (C=O) groups excluding carboxylic acids is 1. The molecular formula is C14H25N3O. The largest absolute Gasteiger partial charge is 0.352 e. The SMILES string of the molecule is CC(C)N(CCC#N)C(C)C(=O)NC1CCCC1. The summed E-state index contributed by atoms with van der Waals surface area (Å²) in [4.78, 5) is 14.3. The predicted octanol–water partition coefficient (Wildman–Crippen LogP) is 2.06. The van der Waals surface area contributed by atoms with Crippen molar-refractivity contribution in [3.8, 4) is 6.07 Å². The maximum Gasteiger partial charge on any atom is 0.237 e. The number of carbonyl (C=O) groups is 1. The summed E-state index contributed by atoms with van der Waals surface area (Å²) in [6.07, 6.45) is 5.14. The van der Waals surface area contributed by atoms with Gasteiger partial charge in [0.1, 0.15) is 0 Å². The van der Waals surface area contributed by atoms with Crippen LogP contribution in [0.3, 0.4) is 0 Å². The molecule has 1 saturated carbocycles. The molecule has 4 heteroatoms. The van der Waals surface area contributed by atoms with Crippen LogP contribution in [0.15, 0.2) is 0 Å². The van der Waals surface area contributed by atoms with Gasteiger partial charge in [0.05, 0.1) is 12.1 Å². The van der Waals surface area contributed by atoms with Gasteiger partial charge in [-0.25, -0.2) is 0 Å². The van der Waals surface area contributed by atoms with Crippen molar-refractivity contribution in [2.45, 2.75) is 71.0 Å². The van der Waals surface area contributed by atoms with Crippen LogP contribution in [0.2, 0.25) is 0 Å². The Hall–Kier alpha value is -1.08. The van der Waals surface area contributed by atoms with Crippen LogP contribution in [-0.4, -0.2) is 35.5 Å². The van der Waals surface area contributed by atoms with Crippen molar-refractivity contribution in [1.29, 1.82) is 5.26 Å². The van der Waals surface area contributed by atoms with Gasteiger partial charge in [-0.1, -0.05) is 12.8 Å². The van der Waals surface area contributed by atoms with Gasteiger partial charge in [0.2, 0.25) is 5.91 Å². The van der Waals surface area contributed by atoms with E-state index in [1.807, 2.05) is 6.92 Å². The van der Waals surface area contributed by atoms with E-state index >= 15 is 0 Å². The number of nitriles is 1. The second-order valence-corrected chi connectivity index (χ2v) is 5.41. The highest BCUT2D eigenvalue weighted by molar-refractivity contribution is 5.81. The minimum atomic E-state index is -0.154. The number of hydrogen-bond acceptors (Lipinski definition) is 3. The van der Waals surface area contributed by atoms with Gasteiger partial charge in [0.15, 0.2) is 0 Å². The predicted molar refractivity (Wildman–Crippen MR) is 71.9 cm³/mol. The van der Waals surface area contributed by atoms with Gasteiger partial charge in [-0.3, -0.25) is 9.69 Å². The van der Waals surface area contributed by atoms with Gasteiger partial charge in [-0.15, -0.1) is 0 Å². The first-order valence-corrected chi connectivity index (χ1v) is 6.99. The molecule has 1 unspecified atom stereocenters. The average Bonchev–Trinajstić information content (AvgIpc) is 2.81. The van der Waals surface area contributed by atoms with E-state index in [1.54, 1.807) is 0 Å². The molecule has 1 atom stereocenters. The van der Waals surface area contributed by atoms with E-state index in [9.17, 15) is 4.79 Å². The molecule has 0 aromatic heterocycles. The first-order chi connectivity index (χ1) is 8.56. The number of amides is 1. The molecule has 1 amide bonds. The maximum absolute atomic E-state index is 12.2. The van der Waals surface area contributed by atoms with Gasteiger partial charge >= 0.3 is 0 Å². The first kappa shape index (κ1) is 15.0. The zero-order chi connectivity index (χ0) is 13.5. The summed E-state index contributed by atoms with van der Waals surface area (Å²) >= 11 is 0. The second-order valence-electron chi connectivity index (χ2n) is 5.41. The number of nitrogens with zero attached hydrogens (tertiary/aromatic N) is 2. The van der Waals surface area contributed by atoms with Crippen molar-refractivity contribution in [2.24, 2.45) is 0 Å². The van der Waals surface area contributed by atoms with Gasteiger partial charge < -0.3 is 5.32 Å². The molecule has 102 valence electrons. The molecule has 1 aliphatic carbocycles. The average molecular weight is 251 g/mol. The van der Waals surface area contributed by atoms with Crippen LogP contribution >= 0.6 is 0 Å². The summed E-state index contributed by atoms with van der Waals surface area (Å²) in [6.45, 7) is 6.72. The quantitative estimate of drug-likeness (QED) is 0.786. The molecular weight excluding hydrogens is 226 g/mol. The fraction of sp³-hybridized carbons (Fsp3) is 0.857. The van der Waals surface area contributed by atoms with Crippen LogP contribution in [-0.2, 0) is 4.79 Å². The van der Waals surface area contributed by atoms with E-state index in [0.717, 1.165) is 12.8 Å². The Morgan fingerprint density at radius 3 is 2.50 bits per heavy atom. The van der Waals surface area contributed by atoms with E-state index in [2.05, 4.69) is 30.1 Å². The smallest absolute Gasteiger partial charge is 0.237 e. The van der Waals surface area contributed by atoms with E-state index in [4.69, 9.17) is 5.26 Å². The van der Waals surface area contributed by atoms with Crippen molar-refractivity contribution in [3.63, 3.8) is 0 Å². The van der Waals surface area contributed by atoms with Crippen molar-refractivity contribution in [1.82, 2.24) is 10.2 Å². The van der Waals surface area contributed by atoms with Crippen molar-refractivity contribution in [3.05, 3.63) is 0 Å². The van der Waals surface area contributed by atoms with Gasteiger partial charge in [0, 0.05) is 25.0 Å². The lowest BCUT2D eigenvalue weighted by molar-refractivity contribution is -0.127.